The average molecular weight is 313 g/mol. The third kappa shape index (κ3) is 4.42. The van der Waals surface area contributed by atoms with Crippen LogP contribution in [0.4, 0.5) is 5.69 Å². The van der Waals surface area contributed by atoms with Crippen molar-refractivity contribution < 1.29 is 9.21 Å². The molecule has 1 aliphatic rings. The van der Waals surface area contributed by atoms with Crippen LogP contribution in [0.1, 0.15) is 31.4 Å². The van der Waals surface area contributed by atoms with Crippen molar-refractivity contribution in [2.75, 3.05) is 18.4 Å². The highest BCUT2D eigenvalue weighted by Gasteiger charge is 2.14. The summed E-state index contributed by atoms with van der Waals surface area (Å²) in [5.74, 6) is 2.10. The Hall–Kier alpha value is -2.14. The number of hydrogen-bond acceptors (Lipinski definition) is 4. The van der Waals surface area contributed by atoms with Gasteiger partial charge in [0.25, 0.3) is 0 Å². The molecule has 3 rings (SSSR count). The van der Waals surface area contributed by atoms with Crippen LogP contribution in [-0.4, -0.2) is 24.0 Å². The molecule has 0 spiro atoms. The molecule has 0 bridgehead atoms. The van der Waals surface area contributed by atoms with E-state index in [1.54, 1.807) is 6.20 Å². The van der Waals surface area contributed by atoms with Crippen LogP contribution in [0.25, 0.3) is 11.5 Å². The maximum absolute atomic E-state index is 12.1. The Morgan fingerprint density at radius 2 is 2.22 bits per heavy atom. The Labute approximate surface area is 136 Å². The molecule has 0 radical (unpaired) electrons. The standard InChI is InChI=1S/C18H23N3O2/c1-13-12-20-18(23-13)15-3-2-4-16(11-15)21-17(22)6-5-14-7-9-19-10-8-14/h2-4,11-12,14,19H,5-10H2,1H3,(H,21,22). The van der Waals surface area contributed by atoms with E-state index in [2.05, 4.69) is 15.6 Å². The number of nitrogens with one attached hydrogen (secondary N) is 2. The normalized spacial score (nSPS) is 15.5. The molecule has 0 aliphatic carbocycles. The first-order chi connectivity index (χ1) is 11.2. The molecule has 2 N–H and O–H groups in total. The van der Waals surface area contributed by atoms with E-state index in [4.69, 9.17) is 4.42 Å². The summed E-state index contributed by atoms with van der Waals surface area (Å²) in [6, 6.07) is 7.61. The summed E-state index contributed by atoms with van der Waals surface area (Å²) < 4.78 is 5.53. The molecule has 0 unspecified atom stereocenters. The second-order valence-corrected chi connectivity index (χ2v) is 6.14. The van der Waals surface area contributed by atoms with Crippen LogP contribution in [0.5, 0.6) is 0 Å². The number of carbonyl (C=O) groups excluding carboxylic acids is 1. The van der Waals surface area contributed by atoms with Gasteiger partial charge in [-0.3, -0.25) is 4.79 Å². The minimum atomic E-state index is 0.0734. The van der Waals surface area contributed by atoms with Crippen molar-refractivity contribution in [3.05, 3.63) is 36.2 Å². The van der Waals surface area contributed by atoms with E-state index in [1.165, 1.54) is 12.8 Å². The van der Waals surface area contributed by atoms with Gasteiger partial charge < -0.3 is 15.1 Å². The molecule has 1 aromatic carbocycles. The summed E-state index contributed by atoms with van der Waals surface area (Å²) in [5.41, 5.74) is 1.66. The molecule has 0 saturated carbocycles. The molecule has 0 atom stereocenters. The number of aromatic nitrogens is 1. The van der Waals surface area contributed by atoms with E-state index < -0.39 is 0 Å². The number of nitrogens with zero attached hydrogens (tertiary/aromatic N) is 1. The van der Waals surface area contributed by atoms with E-state index in [0.29, 0.717) is 18.2 Å². The molecule has 1 fully saturated rings. The first kappa shape index (κ1) is 15.7. The number of anilines is 1. The Balaban J connectivity index is 1.56. The van der Waals surface area contributed by atoms with Crippen LogP contribution in [0.3, 0.4) is 0 Å². The Kier molecular flexibility index (Phi) is 5.08. The van der Waals surface area contributed by atoms with Crippen molar-refractivity contribution in [3.63, 3.8) is 0 Å². The monoisotopic (exact) mass is 313 g/mol. The van der Waals surface area contributed by atoms with Gasteiger partial charge in [0, 0.05) is 17.7 Å². The number of piperidine rings is 1. The fraction of sp³-hybridized carbons (Fsp3) is 0.444. The highest BCUT2D eigenvalue weighted by Crippen LogP contribution is 2.23. The molecule has 2 heterocycles. The van der Waals surface area contributed by atoms with E-state index in [0.717, 1.165) is 36.5 Å². The van der Waals surface area contributed by atoms with E-state index in [1.807, 2.05) is 31.2 Å². The van der Waals surface area contributed by atoms with Crippen molar-refractivity contribution in [1.82, 2.24) is 10.3 Å². The lowest BCUT2D eigenvalue weighted by molar-refractivity contribution is -0.116. The lowest BCUT2D eigenvalue weighted by Gasteiger charge is -2.22. The zero-order chi connectivity index (χ0) is 16.1. The summed E-state index contributed by atoms with van der Waals surface area (Å²) in [7, 11) is 0. The van der Waals surface area contributed by atoms with Crippen LogP contribution >= 0.6 is 0 Å². The predicted molar refractivity (Wildman–Crippen MR) is 90.1 cm³/mol. The number of oxazole rings is 1. The average Bonchev–Trinajstić information content (AvgIpc) is 3.01. The topological polar surface area (TPSA) is 67.2 Å². The predicted octanol–water partition coefficient (Wildman–Crippen LogP) is 3.37. The van der Waals surface area contributed by atoms with Gasteiger partial charge in [0.2, 0.25) is 11.8 Å². The van der Waals surface area contributed by atoms with Gasteiger partial charge in [-0.05, 0) is 63.4 Å². The van der Waals surface area contributed by atoms with Crippen molar-refractivity contribution in [2.24, 2.45) is 5.92 Å². The molecular formula is C18H23N3O2. The lowest BCUT2D eigenvalue weighted by Crippen LogP contribution is -2.28. The highest BCUT2D eigenvalue weighted by molar-refractivity contribution is 5.91. The van der Waals surface area contributed by atoms with Crippen LogP contribution in [0.15, 0.2) is 34.9 Å². The number of amides is 1. The Morgan fingerprint density at radius 1 is 1.39 bits per heavy atom. The molecule has 1 amide bonds. The highest BCUT2D eigenvalue weighted by atomic mass is 16.4. The maximum Gasteiger partial charge on any atom is 0.226 e. The molecule has 2 aromatic rings. The summed E-state index contributed by atoms with van der Waals surface area (Å²) in [4.78, 5) is 16.4. The third-order valence-corrected chi connectivity index (χ3v) is 4.25. The zero-order valence-corrected chi connectivity index (χ0v) is 13.5. The SMILES string of the molecule is Cc1cnc(-c2cccc(NC(=O)CCC3CCNCC3)c2)o1. The number of benzene rings is 1. The lowest BCUT2D eigenvalue weighted by atomic mass is 9.93. The van der Waals surface area contributed by atoms with E-state index >= 15 is 0 Å². The maximum atomic E-state index is 12.1. The first-order valence-corrected chi connectivity index (χ1v) is 8.24. The van der Waals surface area contributed by atoms with Crippen LogP contribution < -0.4 is 10.6 Å². The molecular weight excluding hydrogens is 290 g/mol. The fourth-order valence-electron chi connectivity index (χ4n) is 2.95. The van der Waals surface area contributed by atoms with E-state index in [-0.39, 0.29) is 5.91 Å². The largest absolute Gasteiger partial charge is 0.441 e. The Bertz CT molecular complexity index is 660. The first-order valence-electron chi connectivity index (χ1n) is 8.24. The number of aryl methyl sites for hydroxylation is 1. The van der Waals surface area contributed by atoms with Gasteiger partial charge in [0.15, 0.2) is 0 Å². The van der Waals surface area contributed by atoms with Gasteiger partial charge in [0.05, 0.1) is 6.20 Å². The quantitative estimate of drug-likeness (QED) is 0.888. The Morgan fingerprint density at radius 3 is 2.96 bits per heavy atom. The van der Waals surface area contributed by atoms with Gasteiger partial charge in [-0.1, -0.05) is 6.07 Å². The molecule has 1 saturated heterocycles. The van der Waals surface area contributed by atoms with Gasteiger partial charge in [-0.25, -0.2) is 4.98 Å². The summed E-state index contributed by atoms with van der Waals surface area (Å²) in [5, 5.41) is 6.32. The van der Waals surface area contributed by atoms with Crippen LogP contribution in [0, 0.1) is 12.8 Å². The second-order valence-electron chi connectivity index (χ2n) is 6.14. The minimum absolute atomic E-state index is 0.0734. The van der Waals surface area contributed by atoms with Crippen molar-refractivity contribution in [2.45, 2.75) is 32.6 Å². The molecule has 5 heteroatoms. The van der Waals surface area contributed by atoms with Gasteiger partial charge in [-0.15, -0.1) is 0 Å². The van der Waals surface area contributed by atoms with Crippen LogP contribution in [0.2, 0.25) is 0 Å². The van der Waals surface area contributed by atoms with Gasteiger partial charge in [-0.2, -0.15) is 0 Å². The van der Waals surface area contributed by atoms with Crippen LogP contribution in [-0.2, 0) is 4.79 Å². The number of hydrogen-bond donors (Lipinski definition) is 2. The summed E-state index contributed by atoms with van der Waals surface area (Å²) in [6.07, 6.45) is 5.58. The van der Waals surface area contributed by atoms with Crippen molar-refractivity contribution in [1.29, 1.82) is 0 Å². The number of carbonyl (C=O) groups is 1. The molecule has 5 nitrogen and oxygen atoms in total. The minimum Gasteiger partial charge on any atom is -0.441 e. The summed E-state index contributed by atoms with van der Waals surface area (Å²) in [6.45, 7) is 4.01. The molecule has 1 aromatic heterocycles. The smallest absolute Gasteiger partial charge is 0.226 e. The van der Waals surface area contributed by atoms with Crippen molar-refractivity contribution >= 4 is 11.6 Å². The van der Waals surface area contributed by atoms with Gasteiger partial charge in [0.1, 0.15) is 5.76 Å². The zero-order valence-electron chi connectivity index (χ0n) is 13.5. The van der Waals surface area contributed by atoms with Gasteiger partial charge >= 0.3 is 0 Å². The van der Waals surface area contributed by atoms with Crippen molar-refractivity contribution in [3.8, 4) is 11.5 Å². The second kappa shape index (κ2) is 7.42. The molecule has 122 valence electrons. The molecule has 23 heavy (non-hydrogen) atoms. The number of rotatable bonds is 5. The van der Waals surface area contributed by atoms with E-state index in [9.17, 15) is 4.79 Å². The third-order valence-electron chi connectivity index (χ3n) is 4.25. The molecule has 1 aliphatic heterocycles. The fourth-order valence-corrected chi connectivity index (χ4v) is 2.95. The summed E-state index contributed by atoms with van der Waals surface area (Å²) >= 11 is 0.